The van der Waals surface area contributed by atoms with Crippen LogP contribution in [0.4, 0.5) is 4.39 Å². The zero-order valence-electron chi connectivity index (χ0n) is 10.7. The van der Waals surface area contributed by atoms with Crippen LogP contribution in [0.15, 0.2) is 34.1 Å². The molecule has 0 fully saturated rings. The molecule has 2 heterocycles. The van der Waals surface area contributed by atoms with Gasteiger partial charge in [0.05, 0.1) is 6.04 Å². The van der Waals surface area contributed by atoms with Crippen LogP contribution in [-0.2, 0) is 0 Å². The van der Waals surface area contributed by atoms with E-state index in [1.54, 1.807) is 17.4 Å². The lowest BCUT2D eigenvalue weighted by Gasteiger charge is -2.09. The van der Waals surface area contributed by atoms with Crippen LogP contribution in [-0.4, -0.2) is 0 Å². The third-order valence-corrected chi connectivity index (χ3v) is 4.51. The Morgan fingerprint density at radius 2 is 2.05 bits per heavy atom. The lowest BCUT2D eigenvalue weighted by Crippen LogP contribution is -2.11. The van der Waals surface area contributed by atoms with Crippen molar-refractivity contribution in [1.82, 2.24) is 0 Å². The highest BCUT2D eigenvalue weighted by atomic mass is 32.1. The van der Waals surface area contributed by atoms with E-state index in [1.807, 2.05) is 25.3 Å². The second kappa shape index (κ2) is 4.47. The van der Waals surface area contributed by atoms with Crippen molar-refractivity contribution in [2.45, 2.75) is 19.9 Å². The first-order valence-electron chi connectivity index (χ1n) is 6.06. The topological polar surface area (TPSA) is 39.2 Å². The van der Waals surface area contributed by atoms with Gasteiger partial charge in [0.25, 0.3) is 0 Å². The fraction of sp³-hybridized carbons (Fsp3) is 0.200. The van der Waals surface area contributed by atoms with Crippen LogP contribution in [0.1, 0.15) is 27.8 Å². The molecule has 0 spiro atoms. The molecule has 0 saturated carbocycles. The van der Waals surface area contributed by atoms with Crippen LogP contribution in [0.2, 0.25) is 0 Å². The SMILES string of the molecule is Cc1ccsc1C(N)c1oc2cc(F)ccc2c1C. The summed E-state index contributed by atoms with van der Waals surface area (Å²) in [5.41, 5.74) is 8.98. The Hall–Kier alpha value is -1.65. The number of hydrogen-bond donors (Lipinski definition) is 1. The molecule has 3 rings (SSSR count). The maximum Gasteiger partial charge on any atom is 0.137 e. The Balaban J connectivity index is 2.15. The molecule has 3 aromatic rings. The molecule has 0 amide bonds. The van der Waals surface area contributed by atoms with E-state index in [9.17, 15) is 4.39 Å². The van der Waals surface area contributed by atoms with Gasteiger partial charge in [-0.05, 0) is 43.0 Å². The number of nitrogens with two attached hydrogens (primary N) is 1. The molecule has 2 N–H and O–H groups in total. The van der Waals surface area contributed by atoms with E-state index < -0.39 is 0 Å². The summed E-state index contributed by atoms with van der Waals surface area (Å²) in [7, 11) is 0. The number of fused-ring (bicyclic) bond motifs is 1. The molecule has 19 heavy (non-hydrogen) atoms. The van der Waals surface area contributed by atoms with Crippen LogP contribution < -0.4 is 5.73 Å². The zero-order chi connectivity index (χ0) is 13.6. The van der Waals surface area contributed by atoms with Crippen molar-refractivity contribution < 1.29 is 8.81 Å². The van der Waals surface area contributed by atoms with Crippen LogP contribution in [0.25, 0.3) is 11.0 Å². The van der Waals surface area contributed by atoms with E-state index in [-0.39, 0.29) is 11.9 Å². The number of benzene rings is 1. The van der Waals surface area contributed by atoms with Gasteiger partial charge in [-0.2, -0.15) is 0 Å². The Kier molecular flexibility index (Phi) is 2.92. The minimum atomic E-state index is -0.298. The summed E-state index contributed by atoms with van der Waals surface area (Å²) in [6.07, 6.45) is 0. The number of thiophene rings is 1. The largest absolute Gasteiger partial charge is 0.459 e. The molecular formula is C15H14FNOS. The third-order valence-electron chi connectivity index (χ3n) is 3.40. The number of aryl methyl sites for hydroxylation is 2. The highest BCUT2D eigenvalue weighted by molar-refractivity contribution is 7.10. The van der Waals surface area contributed by atoms with Gasteiger partial charge in [0, 0.05) is 21.9 Å². The van der Waals surface area contributed by atoms with Crippen molar-refractivity contribution in [3.63, 3.8) is 0 Å². The van der Waals surface area contributed by atoms with Gasteiger partial charge in [0.15, 0.2) is 0 Å². The predicted molar refractivity (Wildman–Crippen MR) is 76.0 cm³/mol. The molecule has 0 saturated heterocycles. The first kappa shape index (κ1) is 12.4. The van der Waals surface area contributed by atoms with Crippen molar-refractivity contribution in [3.8, 4) is 0 Å². The molecule has 4 heteroatoms. The summed E-state index contributed by atoms with van der Waals surface area (Å²) in [4.78, 5) is 1.09. The summed E-state index contributed by atoms with van der Waals surface area (Å²) in [5, 5.41) is 2.93. The minimum absolute atomic E-state index is 0.296. The van der Waals surface area contributed by atoms with Crippen molar-refractivity contribution in [1.29, 1.82) is 0 Å². The van der Waals surface area contributed by atoms with Gasteiger partial charge in [-0.15, -0.1) is 11.3 Å². The maximum atomic E-state index is 13.2. The highest BCUT2D eigenvalue weighted by Crippen LogP contribution is 2.34. The Morgan fingerprint density at radius 3 is 2.74 bits per heavy atom. The van der Waals surface area contributed by atoms with E-state index in [2.05, 4.69) is 0 Å². The average Bonchev–Trinajstić information content (AvgIpc) is 2.93. The number of halogens is 1. The lowest BCUT2D eigenvalue weighted by atomic mass is 10.1. The van der Waals surface area contributed by atoms with E-state index in [0.717, 1.165) is 21.4 Å². The van der Waals surface area contributed by atoms with Gasteiger partial charge >= 0.3 is 0 Å². The highest BCUT2D eigenvalue weighted by Gasteiger charge is 2.21. The first-order valence-corrected chi connectivity index (χ1v) is 6.94. The first-order chi connectivity index (χ1) is 9.08. The Morgan fingerprint density at radius 1 is 1.26 bits per heavy atom. The number of rotatable bonds is 2. The molecule has 98 valence electrons. The van der Waals surface area contributed by atoms with Crippen molar-refractivity contribution >= 4 is 22.3 Å². The summed E-state index contributed by atoms with van der Waals surface area (Å²) in [5.74, 6) is 0.417. The van der Waals surface area contributed by atoms with Crippen LogP contribution in [0.5, 0.6) is 0 Å². The summed E-state index contributed by atoms with van der Waals surface area (Å²) in [6, 6.07) is 6.32. The van der Waals surface area contributed by atoms with Gasteiger partial charge in [-0.25, -0.2) is 4.39 Å². The maximum absolute atomic E-state index is 13.2. The molecule has 1 atom stereocenters. The predicted octanol–water partition coefficient (Wildman–Crippen LogP) is 4.30. The van der Waals surface area contributed by atoms with Gasteiger partial charge in [0.1, 0.15) is 17.2 Å². The smallest absolute Gasteiger partial charge is 0.137 e. The fourth-order valence-electron chi connectivity index (χ4n) is 2.34. The number of furan rings is 1. The van der Waals surface area contributed by atoms with Crippen LogP contribution in [0, 0.1) is 19.7 Å². The molecule has 1 unspecified atom stereocenters. The molecule has 2 aromatic heterocycles. The molecule has 0 aliphatic rings. The summed E-state index contributed by atoms with van der Waals surface area (Å²) >= 11 is 1.62. The standard InChI is InChI=1S/C15H14FNOS/c1-8-5-6-19-15(8)13(17)14-9(2)11-4-3-10(16)7-12(11)18-14/h3-7,13H,17H2,1-2H3. The third kappa shape index (κ3) is 1.97. The van der Waals surface area contributed by atoms with E-state index in [0.29, 0.717) is 11.3 Å². The lowest BCUT2D eigenvalue weighted by molar-refractivity contribution is 0.520. The Bertz CT molecular complexity index is 744. The van der Waals surface area contributed by atoms with Crippen molar-refractivity contribution in [3.05, 3.63) is 57.2 Å². The van der Waals surface area contributed by atoms with Crippen molar-refractivity contribution in [2.24, 2.45) is 5.73 Å². The molecule has 0 aliphatic carbocycles. The van der Waals surface area contributed by atoms with Gasteiger partial charge in [0.2, 0.25) is 0 Å². The summed E-state index contributed by atoms with van der Waals surface area (Å²) < 4.78 is 19.0. The molecule has 0 aliphatic heterocycles. The van der Waals surface area contributed by atoms with E-state index >= 15 is 0 Å². The molecule has 2 nitrogen and oxygen atoms in total. The molecule has 0 radical (unpaired) electrons. The quantitative estimate of drug-likeness (QED) is 0.757. The van der Waals surface area contributed by atoms with E-state index in [4.69, 9.17) is 10.2 Å². The fourth-order valence-corrected chi connectivity index (χ4v) is 3.26. The van der Waals surface area contributed by atoms with Gasteiger partial charge < -0.3 is 10.2 Å². The van der Waals surface area contributed by atoms with Gasteiger partial charge in [-0.3, -0.25) is 0 Å². The van der Waals surface area contributed by atoms with Crippen LogP contribution >= 0.6 is 11.3 Å². The summed E-state index contributed by atoms with van der Waals surface area (Å²) in [6.45, 7) is 3.99. The normalized spacial score (nSPS) is 13.1. The molecular weight excluding hydrogens is 261 g/mol. The average molecular weight is 275 g/mol. The monoisotopic (exact) mass is 275 g/mol. The zero-order valence-corrected chi connectivity index (χ0v) is 11.6. The second-order valence-corrected chi connectivity index (χ2v) is 5.63. The minimum Gasteiger partial charge on any atom is -0.459 e. The second-order valence-electron chi connectivity index (χ2n) is 4.68. The molecule has 1 aromatic carbocycles. The van der Waals surface area contributed by atoms with Crippen molar-refractivity contribution in [2.75, 3.05) is 0 Å². The van der Waals surface area contributed by atoms with Crippen LogP contribution in [0.3, 0.4) is 0 Å². The van der Waals surface area contributed by atoms with E-state index in [1.165, 1.54) is 12.1 Å². The molecule has 0 bridgehead atoms. The number of hydrogen-bond acceptors (Lipinski definition) is 3. The Labute approximate surface area is 114 Å². The van der Waals surface area contributed by atoms with Gasteiger partial charge in [-0.1, -0.05) is 0 Å².